The topological polar surface area (TPSA) is 41.6 Å². The molecule has 1 aliphatic rings. The Morgan fingerprint density at radius 1 is 1.33 bits per heavy atom. The summed E-state index contributed by atoms with van der Waals surface area (Å²) in [6.07, 6.45) is 2.20. The molecule has 1 aromatic carbocycles. The number of likely N-dealkylation sites (N-methyl/N-ethyl adjacent to an activating group) is 1. The maximum absolute atomic E-state index is 12.0. The molecule has 2 rings (SSSR count). The quantitative estimate of drug-likeness (QED) is 0.876. The van der Waals surface area contributed by atoms with Gasteiger partial charge in [-0.15, -0.1) is 0 Å². The van der Waals surface area contributed by atoms with Gasteiger partial charge >= 0.3 is 0 Å². The highest BCUT2D eigenvalue weighted by atomic mass is 16.5. The van der Waals surface area contributed by atoms with Crippen LogP contribution in [0.3, 0.4) is 0 Å². The van der Waals surface area contributed by atoms with E-state index in [2.05, 4.69) is 5.32 Å². The Labute approximate surface area is 108 Å². The first-order valence-electron chi connectivity index (χ1n) is 6.41. The number of nitrogens with zero attached hydrogens (tertiary/aromatic N) is 1. The highest BCUT2D eigenvalue weighted by Crippen LogP contribution is 2.12. The maximum atomic E-state index is 12.0. The molecule has 1 fully saturated rings. The van der Waals surface area contributed by atoms with Crippen molar-refractivity contribution in [2.24, 2.45) is 0 Å². The Bertz CT molecular complexity index is 375. The minimum Gasteiger partial charge on any atom is -0.368 e. The Balaban J connectivity index is 1.80. The molecule has 0 aromatic heterocycles. The van der Waals surface area contributed by atoms with Gasteiger partial charge < -0.3 is 15.0 Å². The third-order valence-electron chi connectivity index (χ3n) is 3.25. The first kappa shape index (κ1) is 13.1. The predicted octanol–water partition coefficient (Wildman–Crippen LogP) is 1.42. The van der Waals surface area contributed by atoms with E-state index in [0.717, 1.165) is 31.6 Å². The van der Waals surface area contributed by atoms with E-state index >= 15 is 0 Å². The van der Waals surface area contributed by atoms with Crippen molar-refractivity contribution in [3.63, 3.8) is 0 Å². The fraction of sp³-hybridized carbons (Fsp3) is 0.500. The van der Waals surface area contributed by atoms with Crippen molar-refractivity contribution >= 4 is 11.6 Å². The number of rotatable bonds is 4. The van der Waals surface area contributed by atoms with Crippen LogP contribution in [0.2, 0.25) is 0 Å². The molecule has 0 unspecified atom stereocenters. The second kappa shape index (κ2) is 6.52. The minimum atomic E-state index is -0.000248. The van der Waals surface area contributed by atoms with Crippen LogP contribution >= 0.6 is 0 Å². The van der Waals surface area contributed by atoms with Gasteiger partial charge in [-0.3, -0.25) is 4.79 Å². The third kappa shape index (κ3) is 3.55. The normalized spacial score (nSPS) is 16.5. The molecule has 1 heterocycles. The smallest absolute Gasteiger partial charge is 0.252 e. The monoisotopic (exact) mass is 248 g/mol. The van der Waals surface area contributed by atoms with Crippen LogP contribution in [0, 0.1) is 0 Å². The van der Waals surface area contributed by atoms with Crippen LogP contribution in [-0.2, 0) is 9.53 Å². The zero-order valence-electron chi connectivity index (χ0n) is 10.8. The van der Waals surface area contributed by atoms with Crippen molar-refractivity contribution in [2.75, 3.05) is 31.6 Å². The summed E-state index contributed by atoms with van der Waals surface area (Å²) in [5, 5.41) is 3.28. The molecule has 0 radical (unpaired) electrons. The van der Waals surface area contributed by atoms with Crippen molar-refractivity contribution in [1.82, 2.24) is 5.32 Å². The summed E-state index contributed by atoms with van der Waals surface area (Å²) in [4.78, 5) is 13.6. The highest BCUT2D eigenvalue weighted by Gasteiger charge is 2.17. The maximum Gasteiger partial charge on any atom is 0.252 e. The molecule has 0 spiro atoms. The summed E-state index contributed by atoms with van der Waals surface area (Å²) in [5.74, 6) is -0.000248. The molecule has 0 bridgehead atoms. The summed E-state index contributed by atoms with van der Waals surface area (Å²) in [7, 11) is 1.78. The number of carbonyl (C=O) groups is 1. The second-order valence-electron chi connectivity index (χ2n) is 4.55. The molecule has 1 aliphatic heterocycles. The summed E-state index contributed by atoms with van der Waals surface area (Å²) in [6, 6.07) is 9.62. The Morgan fingerprint density at radius 2 is 2.00 bits per heavy atom. The SMILES string of the molecule is CN(C(=O)COC1CCNCC1)c1ccccc1. The molecule has 1 N–H and O–H groups in total. The number of piperidine rings is 1. The van der Waals surface area contributed by atoms with Crippen molar-refractivity contribution in [3.05, 3.63) is 30.3 Å². The molecule has 0 atom stereocenters. The van der Waals surface area contributed by atoms with E-state index in [0.29, 0.717) is 0 Å². The predicted molar refractivity (Wildman–Crippen MR) is 71.7 cm³/mol. The molecule has 0 saturated carbocycles. The van der Waals surface area contributed by atoms with Gasteiger partial charge in [0.15, 0.2) is 0 Å². The average molecular weight is 248 g/mol. The summed E-state index contributed by atoms with van der Waals surface area (Å²) in [5.41, 5.74) is 0.899. The largest absolute Gasteiger partial charge is 0.368 e. The van der Waals surface area contributed by atoms with Gasteiger partial charge in [0.05, 0.1) is 6.10 Å². The van der Waals surface area contributed by atoms with E-state index in [-0.39, 0.29) is 18.6 Å². The van der Waals surface area contributed by atoms with Crippen molar-refractivity contribution in [3.8, 4) is 0 Å². The van der Waals surface area contributed by atoms with Crippen LogP contribution in [0.5, 0.6) is 0 Å². The first-order chi connectivity index (χ1) is 8.77. The van der Waals surface area contributed by atoms with Crippen LogP contribution < -0.4 is 10.2 Å². The Kier molecular flexibility index (Phi) is 4.73. The van der Waals surface area contributed by atoms with Crippen molar-refractivity contribution in [2.45, 2.75) is 18.9 Å². The van der Waals surface area contributed by atoms with Crippen LogP contribution in [0.25, 0.3) is 0 Å². The zero-order valence-corrected chi connectivity index (χ0v) is 10.8. The number of hydrogen-bond donors (Lipinski definition) is 1. The third-order valence-corrected chi connectivity index (χ3v) is 3.25. The molecular formula is C14H20N2O2. The van der Waals surface area contributed by atoms with Gasteiger partial charge in [0, 0.05) is 12.7 Å². The minimum absolute atomic E-state index is 0.000248. The molecule has 4 heteroatoms. The first-order valence-corrected chi connectivity index (χ1v) is 6.41. The summed E-state index contributed by atoms with van der Waals surface area (Å²) < 4.78 is 5.66. The van der Waals surface area contributed by atoms with Crippen LogP contribution in [0.1, 0.15) is 12.8 Å². The van der Waals surface area contributed by atoms with E-state index in [1.165, 1.54) is 0 Å². The Hall–Kier alpha value is -1.39. The van der Waals surface area contributed by atoms with Gasteiger partial charge in [-0.05, 0) is 38.1 Å². The molecule has 1 aromatic rings. The van der Waals surface area contributed by atoms with Gasteiger partial charge in [-0.25, -0.2) is 0 Å². The lowest BCUT2D eigenvalue weighted by molar-refractivity contribution is -0.125. The zero-order chi connectivity index (χ0) is 12.8. The summed E-state index contributed by atoms with van der Waals surface area (Å²) >= 11 is 0. The van der Waals surface area contributed by atoms with E-state index in [1.54, 1.807) is 11.9 Å². The molecule has 1 saturated heterocycles. The average Bonchev–Trinajstić information content (AvgIpc) is 2.46. The van der Waals surface area contributed by atoms with Gasteiger partial charge in [0.2, 0.25) is 0 Å². The van der Waals surface area contributed by atoms with Crippen LogP contribution in [0.15, 0.2) is 30.3 Å². The lowest BCUT2D eigenvalue weighted by Gasteiger charge is -2.24. The number of ether oxygens (including phenoxy) is 1. The van der Waals surface area contributed by atoms with Crippen molar-refractivity contribution in [1.29, 1.82) is 0 Å². The number of hydrogen-bond acceptors (Lipinski definition) is 3. The molecule has 98 valence electrons. The fourth-order valence-corrected chi connectivity index (χ4v) is 2.04. The molecule has 1 amide bonds. The number of anilines is 1. The number of carbonyl (C=O) groups excluding carboxylic acids is 1. The standard InChI is InChI=1S/C14H20N2O2/c1-16(12-5-3-2-4-6-12)14(17)11-18-13-7-9-15-10-8-13/h2-6,13,15H,7-11H2,1H3. The number of para-hydroxylation sites is 1. The highest BCUT2D eigenvalue weighted by molar-refractivity contribution is 5.93. The van der Waals surface area contributed by atoms with Crippen LogP contribution in [-0.4, -0.2) is 38.8 Å². The number of nitrogens with one attached hydrogen (secondary N) is 1. The van der Waals surface area contributed by atoms with E-state index < -0.39 is 0 Å². The summed E-state index contributed by atoms with van der Waals surface area (Å²) in [6.45, 7) is 2.12. The lowest BCUT2D eigenvalue weighted by atomic mass is 10.1. The van der Waals surface area contributed by atoms with E-state index in [4.69, 9.17) is 4.74 Å². The van der Waals surface area contributed by atoms with Crippen molar-refractivity contribution < 1.29 is 9.53 Å². The second-order valence-corrected chi connectivity index (χ2v) is 4.55. The lowest BCUT2D eigenvalue weighted by Crippen LogP contribution is -2.36. The molecule has 18 heavy (non-hydrogen) atoms. The van der Waals surface area contributed by atoms with Gasteiger partial charge in [-0.2, -0.15) is 0 Å². The fourth-order valence-electron chi connectivity index (χ4n) is 2.04. The van der Waals surface area contributed by atoms with Gasteiger partial charge in [-0.1, -0.05) is 18.2 Å². The van der Waals surface area contributed by atoms with E-state index in [1.807, 2.05) is 30.3 Å². The molecule has 0 aliphatic carbocycles. The van der Waals surface area contributed by atoms with Crippen LogP contribution in [0.4, 0.5) is 5.69 Å². The van der Waals surface area contributed by atoms with E-state index in [9.17, 15) is 4.79 Å². The Morgan fingerprint density at radius 3 is 2.67 bits per heavy atom. The van der Waals surface area contributed by atoms with Gasteiger partial charge in [0.25, 0.3) is 5.91 Å². The number of benzene rings is 1. The van der Waals surface area contributed by atoms with Gasteiger partial charge in [0.1, 0.15) is 6.61 Å². The molecular weight excluding hydrogens is 228 g/mol. The number of amides is 1. The molecule has 4 nitrogen and oxygen atoms in total.